The van der Waals surface area contributed by atoms with Crippen LogP contribution in [0.5, 0.6) is 5.75 Å². The van der Waals surface area contributed by atoms with Crippen LogP contribution in [0.25, 0.3) is 0 Å². The maximum atomic E-state index is 12.4. The Morgan fingerprint density at radius 2 is 2.04 bits per heavy atom. The summed E-state index contributed by atoms with van der Waals surface area (Å²) < 4.78 is 11.1. The molecule has 0 aromatic heterocycles. The van der Waals surface area contributed by atoms with Crippen molar-refractivity contribution in [1.29, 1.82) is 0 Å². The van der Waals surface area contributed by atoms with E-state index in [0.29, 0.717) is 24.3 Å². The Kier molecular flexibility index (Phi) is 6.13. The Labute approximate surface area is 145 Å². The predicted molar refractivity (Wildman–Crippen MR) is 94.2 cm³/mol. The Bertz CT molecular complexity index is 531. The van der Waals surface area contributed by atoms with E-state index in [0.717, 1.165) is 64.0 Å². The van der Waals surface area contributed by atoms with Crippen LogP contribution in [-0.2, 0) is 16.0 Å². The molecule has 1 aromatic rings. The molecule has 2 saturated heterocycles. The molecule has 0 aliphatic carbocycles. The van der Waals surface area contributed by atoms with E-state index in [1.54, 1.807) is 7.11 Å². The molecule has 0 saturated carbocycles. The predicted octanol–water partition coefficient (Wildman–Crippen LogP) is 3.44. The molecular formula is C20H29NO3. The molecular weight excluding hydrogens is 302 g/mol. The number of carbonyl (C=O) groups is 1. The third kappa shape index (κ3) is 4.50. The number of para-hydroxylation sites is 1. The summed E-state index contributed by atoms with van der Waals surface area (Å²) in [7, 11) is 1.73. The quantitative estimate of drug-likeness (QED) is 0.801. The van der Waals surface area contributed by atoms with Crippen LogP contribution in [0, 0.1) is 5.92 Å². The monoisotopic (exact) mass is 331 g/mol. The number of hydrogen-bond donors (Lipinski definition) is 0. The Morgan fingerprint density at radius 3 is 2.75 bits per heavy atom. The molecule has 0 N–H and O–H groups in total. The van der Waals surface area contributed by atoms with Crippen molar-refractivity contribution in [3.63, 3.8) is 0 Å². The minimum absolute atomic E-state index is 0.307. The molecule has 2 heterocycles. The zero-order valence-corrected chi connectivity index (χ0v) is 14.7. The van der Waals surface area contributed by atoms with Gasteiger partial charge in [0.25, 0.3) is 0 Å². The average Bonchev–Trinajstić information content (AvgIpc) is 3.14. The Morgan fingerprint density at radius 1 is 1.25 bits per heavy atom. The zero-order valence-electron chi connectivity index (χ0n) is 14.7. The highest BCUT2D eigenvalue weighted by atomic mass is 16.5. The lowest BCUT2D eigenvalue weighted by Crippen LogP contribution is -2.39. The molecule has 2 fully saturated rings. The van der Waals surface area contributed by atoms with Crippen molar-refractivity contribution >= 4 is 5.91 Å². The molecule has 0 spiro atoms. The van der Waals surface area contributed by atoms with E-state index in [1.165, 1.54) is 5.56 Å². The maximum Gasteiger partial charge on any atom is 0.222 e. The number of methoxy groups -OCH3 is 1. The first-order chi connectivity index (χ1) is 11.8. The standard InChI is InChI=1S/C20H29NO3/c1-23-19-7-3-2-5-17(19)15-16-10-12-21(13-11-16)20(22)9-8-18-6-4-14-24-18/h2-3,5,7,16,18H,4,6,8-15H2,1H3/t18-/m1/s1. The molecule has 132 valence electrons. The van der Waals surface area contributed by atoms with Gasteiger partial charge in [-0.3, -0.25) is 4.79 Å². The molecule has 2 aliphatic heterocycles. The molecule has 2 aliphatic rings. The van der Waals surface area contributed by atoms with Crippen LogP contribution < -0.4 is 4.74 Å². The van der Waals surface area contributed by atoms with Gasteiger partial charge in [-0.2, -0.15) is 0 Å². The molecule has 4 nitrogen and oxygen atoms in total. The maximum absolute atomic E-state index is 12.4. The summed E-state index contributed by atoms with van der Waals surface area (Å²) in [6, 6.07) is 8.26. The number of amides is 1. The van der Waals surface area contributed by atoms with Crippen molar-refractivity contribution in [1.82, 2.24) is 4.90 Å². The van der Waals surface area contributed by atoms with Gasteiger partial charge in [0.2, 0.25) is 5.91 Å². The first-order valence-electron chi connectivity index (χ1n) is 9.27. The number of ether oxygens (including phenoxy) is 2. The van der Waals surface area contributed by atoms with Crippen LogP contribution in [0.15, 0.2) is 24.3 Å². The molecule has 1 atom stereocenters. The number of hydrogen-bond acceptors (Lipinski definition) is 3. The van der Waals surface area contributed by atoms with Crippen LogP contribution in [-0.4, -0.2) is 43.7 Å². The third-order valence-corrected chi connectivity index (χ3v) is 5.37. The zero-order chi connectivity index (χ0) is 16.8. The number of carbonyl (C=O) groups excluding carboxylic acids is 1. The van der Waals surface area contributed by atoms with Crippen molar-refractivity contribution in [2.24, 2.45) is 5.92 Å². The van der Waals surface area contributed by atoms with E-state index in [9.17, 15) is 4.79 Å². The van der Waals surface area contributed by atoms with Crippen molar-refractivity contribution < 1.29 is 14.3 Å². The summed E-state index contributed by atoms with van der Waals surface area (Å²) in [5.74, 6) is 1.93. The summed E-state index contributed by atoms with van der Waals surface area (Å²) in [5, 5.41) is 0. The van der Waals surface area contributed by atoms with E-state index < -0.39 is 0 Å². The molecule has 0 bridgehead atoms. The van der Waals surface area contributed by atoms with E-state index >= 15 is 0 Å². The van der Waals surface area contributed by atoms with Gasteiger partial charge >= 0.3 is 0 Å². The fourth-order valence-electron chi connectivity index (χ4n) is 3.88. The fourth-order valence-corrected chi connectivity index (χ4v) is 3.88. The first-order valence-corrected chi connectivity index (χ1v) is 9.27. The van der Waals surface area contributed by atoms with Crippen LogP contribution in [0.1, 0.15) is 44.1 Å². The lowest BCUT2D eigenvalue weighted by Gasteiger charge is -2.32. The van der Waals surface area contributed by atoms with Gasteiger partial charge in [-0.15, -0.1) is 0 Å². The van der Waals surface area contributed by atoms with E-state index in [1.807, 2.05) is 17.0 Å². The lowest BCUT2D eigenvalue weighted by molar-refractivity contribution is -0.133. The normalized spacial score (nSPS) is 21.9. The fraction of sp³-hybridized carbons (Fsp3) is 0.650. The minimum Gasteiger partial charge on any atom is -0.496 e. The summed E-state index contributed by atoms with van der Waals surface area (Å²) in [6.45, 7) is 2.65. The van der Waals surface area contributed by atoms with Crippen molar-refractivity contribution in [3.05, 3.63) is 29.8 Å². The highest BCUT2D eigenvalue weighted by molar-refractivity contribution is 5.76. The SMILES string of the molecule is COc1ccccc1CC1CCN(C(=O)CC[C@H]2CCCO2)CC1. The Balaban J connectivity index is 1.42. The number of nitrogens with zero attached hydrogens (tertiary/aromatic N) is 1. The smallest absolute Gasteiger partial charge is 0.222 e. The molecule has 24 heavy (non-hydrogen) atoms. The number of benzene rings is 1. The summed E-state index contributed by atoms with van der Waals surface area (Å²) in [6.07, 6.45) is 7.33. The van der Waals surface area contributed by atoms with Crippen LogP contribution in [0.2, 0.25) is 0 Å². The average molecular weight is 331 g/mol. The molecule has 3 rings (SSSR count). The largest absolute Gasteiger partial charge is 0.496 e. The van der Waals surface area contributed by atoms with Gasteiger partial charge in [0.1, 0.15) is 5.75 Å². The topological polar surface area (TPSA) is 38.8 Å². The third-order valence-electron chi connectivity index (χ3n) is 5.37. The van der Waals surface area contributed by atoms with E-state index in [2.05, 4.69) is 12.1 Å². The summed E-state index contributed by atoms with van der Waals surface area (Å²) in [4.78, 5) is 14.4. The number of piperidine rings is 1. The summed E-state index contributed by atoms with van der Waals surface area (Å²) >= 11 is 0. The van der Waals surface area contributed by atoms with Gasteiger partial charge in [-0.05, 0) is 56.1 Å². The van der Waals surface area contributed by atoms with Gasteiger partial charge in [-0.25, -0.2) is 0 Å². The van der Waals surface area contributed by atoms with Gasteiger partial charge in [0.05, 0.1) is 13.2 Å². The second kappa shape index (κ2) is 8.52. The molecule has 0 radical (unpaired) electrons. The second-order valence-electron chi connectivity index (χ2n) is 7.01. The van der Waals surface area contributed by atoms with Gasteiger partial charge in [0, 0.05) is 26.1 Å². The highest BCUT2D eigenvalue weighted by Crippen LogP contribution is 2.27. The molecule has 4 heteroatoms. The minimum atomic E-state index is 0.307. The van der Waals surface area contributed by atoms with Gasteiger partial charge in [-0.1, -0.05) is 18.2 Å². The second-order valence-corrected chi connectivity index (χ2v) is 7.01. The summed E-state index contributed by atoms with van der Waals surface area (Å²) in [5.41, 5.74) is 1.28. The molecule has 1 aromatic carbocycles. The molecule has 0 unspecified atom stereocenters. The Hall–Kier alpha value is -1.55. The highest BCUT2D eigenvalue weighted by Gasteiger charge is 2.24. The van der Waals surface area contributed by atoms with E-state index in [4.69, 9.17) is 9.47 Å². The van der Waals surface area contributed by atoms with Crippen LogP contribution >= 0.6 is 0 Å². The van der Waals surface area contributed by atoms with Crippen LogP contribution in [0.3, 0.4) is 0 Å². The van der Waals surface area contributed by atoms with Crippen molar-refractivity contribution in [2.75, 3.05) is 26.8 Å². The molecule has 1 amide bonds. The number of rotatable bonds is 6. The first kappa shape index (κ1) is 17.3. The lowest BCUT2D eigenvalue weighted by atomic mass is 9.89. The van der Waals surface area contributed by atoms with Gasteiger partial charge in [0.15, 0.2) is 0 Å². The number of likely N-dealkylation sites (tertiary alicyclic amines) is 1. The van der Waals surface area contributed by atoms with Crippen molar-refractivity contribution in [3.8, 4) is 5.75 Å². The van der Waals surface area contributed by atoms with Crippen molar-refractivity contribution in [2.45, 2.75) is 51.0 Å². The van der Waals surface area contributed by atoms with Gasteiger partial charge < -0.3 is 14.4 Å². The van der Waals surface area contributed by atoms with E-state index in [-0.39, 0.29) is 0 Å². The van der Waals surface area contributed by atoms with Crippen LogP contribution in [0.4, 0.5) is 0 Å².